The molecule has 0 fully saturated rings. The summed E-state index contributed by atoms with van der Waals surface area (Å²) in [5.41, 5.74) is 1.50. The van der Waals surface area contributed by atoms with Crippen LogP contribution in [0, 0.1) is 5.92 Å². The summed E-state index contributed by atoms with van der Waals surface area (Å²) in [7, 11) is 0. The summed E-state index contributed by atoms with van der Waals surface area (Å²) in [6, 6.07) is 13.1. The Hall–Kier alpha value is -3.35. The highest BCUT2D eigenvalue weighted by molar-refractivity contribution is 6.02. The summed E-state index contributed by atoms with van der Waals surface area (Å²) < 4.78 is 5.53. The van der Waals surface area contributed by atoms with Crippen LogP contribution in [-0.4, -0.2) is 29.9 Å². The molecule has 1 aliphatic rings. The van der Waals surface area contributed by atoms with E-state index < -0.39 is 12.1 Å². The van der Waals surface area contributed by atoms with Crippen LogP contribution >= 0.6 is 0 Å². The lowest BCUT2D eigenvalue weighted by Crippen LogP contribution is -2.47. The number of carbonyl (C=O) groups excluding carboxylic acids is 3. The number of nitrogens with one attached hydrogen (secondary N) is 3. The summed E-state index contributed by atoms with van der Waals surface area (Å²) >= 11 is 0. The highest BCUT2D eigenvalue weighted by Crippen LogP contribution is 2.32. The highest BCUT2D eigenvalue weighted by atomic mass is 16.5. The highest BCUT2D eigenvalue weighted by Gasteiger charge is 2.28. The number of anilines is 2. The van der Waals surface area contributed by atoms with Gasteiger partial charge in [-0.05, 0) is 43.2 Å². The SMILES string of the molecule is CC[C@H](C)[C@H](NC(=O)c1ccccc1)C(=O)Nc1ccc2c(c1)NC(=O)[C@@H](C)O2. The molecule has 0 unspecified atom stereocenters. The van der Waals surface area contributed by atoms with Crippen molar-refractivity contribution in [3.05, 3.63) is 54.1 Å². The zero-order valence-corrected chi connectivity index (χ0v) is 16.7. The summed E-state index contributed by atoms with van der Waals surface area (Å²) in [4.78, 5) is 37.3. The molecule has 0 aromatic heterocycles. The van der Waals surface area contributed by atoms with Gasteiger partial charge in [0.1, 0.15) is 11.8 Å². The minimum absolute atomic E-state index is 0.0656. The fourth-order valence-electron chi connectivity index (χ4n) is 3.02. The van der Waals surface area contributed by atoms with Gasteiger partial charge in [0.15, 0.2) is 6.10 Å². The molecule has 7 nitrogen and oxygen atoms in total. The topological polar surface area (TPSA) is 96.5 Å². The van der Waals surface area contributed by atoms with Crippen molar-refractivity contribution in [2.45, 2.75) is 39.3 Å². The Bertz CT molecular complexity index is 914. The lowest BCUT2D eigenvalue weighted by Gasteiger charge is -2.25. The number of ether oxygens (including phenoxy) is 1. The monoisotopic (exact) mass is 395 g/mol. The summed E-state index contributed by atoms with van der Waals surface area (Å²) in [5, 5.41) is 8.42. The Kier molecular flexibility index (Phi) is 6.16. The first kappa shape index (κ1) is 20.4. The molecule has 3 N–H and O–H groups in total. The zero-order valence-electron chi connectivity index (χ0n) is 16.7. The van der Waals surface area contributed by atoms with Crippen molar-refractivity contribution in [3.8, 4) is 5.75 Å². The zero-order chi connectivity index (χ0) is 21.0. The molecule has 1 heterocycles. The number of hydrogen-bond donors (Lipinski definition) is 3. The first-order valence-electron chi connectivity index (χ1n) is 9.67. The number of carbonyl (C=O) groups is 3. The Morgan fingerprint density at radius 2 is 1.90 bits per heavy atom. The van der Waals surface area contributed by atoms with E-state index in [1.54, 1.807) is 49.4 Å². The molecule has 1 aliphatic heterocycles. The van der Waals surface area contributed by atoms with Crippen LogP contribution in [0.15, 0.2) is 48.5 Å². The molecule has 3 rings (SSSR count). The van der Waals surface area contributed by atoms with E-state index in [9.17, 15) is 14.4 Å². The van der Waals surface area contributed by atoms with Crippen molar-refractivity contribution >= 4 is 29.1 Å². The molecule has 0 radical (unpaired) electrons. The average Bonchev–Trinajstić information content (AvgIpc) is 2.72. The minimum atomic E-state index is -0.699. The van der Waals surface area contributed by atoms with Crippen molar-refractivity contribution < 1.29 is 19.1 Å². The second kappa shape index (κ2) is 8.77. The van der Waals surface area contributed by atoms with Crippen LogP contribution in [0.4, 0.5) is 11.4 Å². The molecular formula is C22H25N3O4. The lowest BCUT2D eigenvalue weighted by atomic mass is 9.97. The molecule has 0 bridgehead atoms. The maximum atomic E-state index is 12.9. The van der Waals surface area contributed by atoms with E-state index in [-0.39, 0.29) is 23.6 Å². The third-order valence-electron chi connectivity index (χ3n) is 5.00. The molecule has 152 valence electrons. The van der Waals surface area contributed by atoms with E-state index in [4.69, 9.17) is 4.74 Å². The van der Waals surface area contributed by atoms with Crippen LogP contribution in [0.1, 0.15) is 37.6 Å². The molecule has 3 amide bonds. The third-order valence-corrected chi connectivity index (χ3v) is 5.00. The van der Waals surface area contributed by atoms with Crippen LogP contribution < -0.4 is 20.7 Å². The third kappa shape index (κ3) is 4.74. The number of amides is 3. The Balaban J connectivity index is 1.74. The Morgan fingerprint density at radius 3 is 2.59 bits per heavy atom. The minimum Gasteiger partial charge on any atom is -0.479 e. The van der Waals surface area contributed by atoms with Gasteiger partial charge in [0.2, 0.25) is 5.91 Å². The van der Waals surface area contributed by atoms with Crippen LogP contribution in [0.2, 0.25) is 0 Å². The van der Waals surface area contributed by atoms with Crippen LogP contribution in [0.3, 0.4) is 0 Å². The van der Waals surface area contributed by atoms with Gasteiger partial charge in [-0.1, -0.05) is 38.5 Å². The van der Waals surface area contributed by atoms with Crippen LogP contribution in [0.5, 0.6) is 5.75 Å². The van der Waals surface area contributed by atoms with E-state index >= 15 is 0 Å². The van der Waals surface area contributed by atoms with Crippen molar-refractivity contribution in [3.63, 3.8) is 0 Å². The van der Waals surface area contributed by atoms with E-state index in [1.807, 2.05) is 19.9 Å². The molecule has 3 atom stereocenters. The molecule has 2 aromatic rings. The molecular weight excluding hydrogens is 370 g/mol. The fourth-order valence-corrected chi connectivity index (χ4v) is 3.02. The molecule has 2 aromatic carbocycles. The standard InChI is InChI=1S/C22H25N3O4/c1-4-13(2)19(25-21(27)15-8-6-5-7-9-15)22(28)23-16-10-11-18-17(12-16)24-20(26)14(3)29-18/h5-14,19H,4H2,1-3H3,(H,23,28)(H,24,26)(H,25,27)/t13-,14+,19-/m0/s1. The van der Waals surface area contributed by atoms with Crippen molar-refractivity contribution in [1.29, 1.82) is 0 Å². The fraction of sp³-hybridized carbons (Fsp3) is 0.318. The van der Waals surface area contributed by atoms with Crippen LogP contribution in [-0.2, 0) is 9.59 Å². The second-order valence-electron chi connectivity index (χ2n) is 7.15. The lowest BCUT2D eigenvalue weighted by molar-refractivity contribution is -0.122. The Labute approximate surface area is 169 Å². The number of fused-ring (bicyclic) bond motifs is 1. The molecule has 0 spiro atoms. The summed E-state index contributed by atoms with van der Waals surface area (Å²) in [5.74, 6) is -0.380. The normalized spacial score (nSPS) is 17.2. The van der Waals surface area contributed by atoms with Gasteiger partial charge in [0.05, 0.1) is 5.69 Å². The first-order valence-corrected chi connectivity index (χ1v) is 9.67. The average molecular weight is 395 g/mol. The van der Waals surface area contributed by atoms with Gasteiger partial charge in [0, 0.05) is 11.3 Å². The predicted octanol–water partition coefficient (Wildman–Crippen LogP) is 3.19. The van der Waals surface area contributed by atoms with Gasteiger partial charge in [-0.2, -0.15) is 0 Å². The van der Waals surface area contributed by atoms with E-state index in [0.717, 1.165) is 6.42 Å². The maximum Gasteiger partial charge on any atom is 0.265 e. The number of hydrogen-bond acceptors (Lipinski definition) is 4. The van der Waals surface area contributed by atoms with Crippen molar-refractivity contribution in [2.75, 3.05) is 10.6 Å². The maximum absolute atomic E-state index is 12.9. The largest absolute Gasteiger partial charge is 0.479 e. The predicted molar refractivity (Wildman–Crippen MR) is 111 cm³/mol. The van der Waals surface area contributed by atoms with Gasteiger partial charge in [0.25, 0.3) is 11.8 Å². The summed E-state index contributed by atoms with van der Waals surface area (Å²) in [6.07, 6.45) is 0.157. The quantitative estimate of drug-likeness (QED) is 0.700. The first-order chi connectivity index (χ1) is 13.9. The Morgan fingerprint density at radius 1 is 1.17 bits per heavy atom. The van der Waals surface area contributed by atoms with E-state index in [1.165, 1.54) is 0 Å². The van der Waals surface area contributed by atoms with Gasteiger partial charge in [-0.25, -0.2) is 0 Å². The summed E-state index contributed by atoms with van der Waals surface area (Å²) in [6.45, 7) is 5.55. The molecule has 29 heavy (non-hydrogen) atoms. The van der Waals surface area contributed by atoms with E-state index in [2.05, 4.69) is 16.0 Å². The molecule has 0 saturated heterocycles. The van der Waals surface area contributed by atoms with Crippen molar-refractivity contribution in [2.24, 2.45) is 5.92 Å². The van der Waals surface area contributed by atoms with Gasteiger partial charge < -0.3 is 20.7 Å². The molecule has 7 heteroatoms. The second-order valence-corrected chi connectivity index (χ2v) is 7.15. The van der Waals surface area contributed by atoms with Crippen LogP contribution in [0.25, 0.3) is 0 Å². The van der Waals surface area contributed by atoms with E-state index in [0.29, 0.717) is 22.7 Å². The van der Waals surface area contributed by atoms with Gasteiger partial charge in [-0.15, -0.1) is 0 Å². The van der Waals surface area contributed by atoms with Crippen molar-refractivity contribution in [1.82, 2.24) is 5.32 Å². The number of benzene rings is 2. The number of rotatable bonds is 6. The van der Waals surface area contributed by atoms with Gasteiger partial charge in [-0.3, -0.25) is 14.4 Å². The smallest absolute Gasteiger partial charge is 0.265 e. The van der Waals surface area contributed by atoms with Gasteiger partial charge >= 0.3 is 0 Å². The molecule has 0 aliphatic carbocycles. The molecule has 0 saturated carbocycles.